The lowest BCUT2D eigenvalue weighted by atomic mass is 10.1. The standard InChI is InChI=1S/C20H25N5O/c1-13-12-22-20(18-14(2)24-25(4)15(18)3)23-19(13)21-11-10-16-6-8-17(26-5)9-7-16/h6-9,12H,10-11H2,1-5H3,(H,21,22,23). The van der Waals surface area contributed by atoms with E-state index < -0.39 is 0 Å². The van der Waals surface area contributed by atoms with Crippen LogP contribution in [-0.4, -0.2) is 33.4 Å². The number of nitrogens with zero attached hydrogens (tertiary/aromatic N) is 4. The molecule has 0 radical (unpaired) electrons. The quantitative estimate of drug-likeness (QED) is 0.737. The fourth-order valence-corrected chi connectivity index (χ4v) is 2.96. The predicted octanol–water partition coefficient (Wildman–Crippen LogP) is 3.47. The number of nitrogens with one attached hydrogen (secondary N) is 1. The zero-order valence-corrected chi connectivity index (χ0v) is 16.0. The Morgan fingerprint density at radius 3 is 2.46 bits per heavy atom. The summed E-state index contributed by atoms with van der Waals surface area (Å²) in [7, 11) is 3.62. The maximum absolute atomic E-state index is 5.20. The number of ether oxygens (including phenoxy) is 1. The first-order valence-electron chi connectivity index (χ1n) is 8.70. The van der Waals surface area contributed by atoms with E-state index >= 15 is 0 Å². The third kappa shape index (κ3) is 3.69. The fourth-order valence-electron chi connectivity index (χ4n) is 2.96. The molecule has 0 aliphatic heterocycles. The van der Waals surface area contributed by atoms with Crippen LogP contribution in [0, 0.1) is 20.8 Å². The third-order valence-electron chi connectivity index (χ3n) is 4.57. The van der Waals surface area contributed by atoms with Crippen molar-refractivity contribution in [1.29, 1.82) is 0 Å². The Morgan fingerprint density at radius 1 is 1.12 bits per heavy atom. The van der Waals surface area contributed by atoms with Crippen molar-refractivity contribution in [3.63, 3.8) is 0 Å². The van der Waals surface area contributed by atoms with Crippen LogP contribution >= 0.6 is 0 Å². The normalized spacial score (nSPS) is 10.8. The molecular weight excluding hydrogens is 326 g/mol. The second-order valence-corrected chi connectivity index (χ2v) is 6.42. The molecule has 26 heavy (non-hydrogen) atoms. The van der Waals surface area contributed by atoms with Crippen LogP contribution in [0.4, 0.5) is 5.82 Å². The molecule has 1 aromatic carbocycles. The summed E-state index contributed by atoms with van der Waals surface area (Å²) in [4.78, 5) is 9.25. The van der Waals surface area contributed by atoms with Crippen LogP contribution < -0.4 is 10.1 Å². The fraction of sp³-hybridized carbons (Fsp3) is 0.350. The largest absolute Gasteiger partial charge is 0.497 e. The van der Waals surface area contributed by atoms with Crippen molar-refractivity contribution in [2.45, 2.75) is 27.2 Å². The highest BCUT2D eigenvalue weighted by atomic mass is 16.5. The second-order valence-electron chi connectivity index (χ2n) is 6.42. The van der Waals surface area contributed by atoms with Crippen LogP contribution in [0.2, 0.25) is 0 Å². The van der Waals surface area contributed by atoms with Gasteiger partial charge in [-0.05, 0) is 44.9 Å². The van der Waals surface area contributed by atoms with Crippen LogP contribution in [0.1, 0.15) is 22.5 Å². The molecule has 0 atom stereocenters. The lowest BCUT2D eigenvalue weighted by molar-refractivity contribution is 0.414. The van der Waals surface area contributed by atoms with Crippen LogP contribution in [-0.2, 0) is 13.5 Å². The average Bonchev–Trinajstić information content (AvgIpc) is 2.89. The van der Waals surface area contributed by atoms with Gasteiger partial charge < -0.3 is 10.1 Å². The molecule has 0 aliphatic carbocycles. The molecule has 0 unspecified atom stereocenters. The van der Waals surface area contributed by atoms with Gasteiger partial charge in [-0.25, -0.2) is 9.97 Å². The predicted molar refractivity (Wildman–Crippen MR) is 104 cm³/mol. The molecule has 0 fully saturated rings. The van der Waals surface area contributed by atoms with Crippen molar-refractivity contribution in [3.05, 3.63) is 53.0 Å². The summed E-state index contributed by atoms with van der Waals surface area (Å²) in [5.41, 5.74) is 5.30. The summed E-state index contributed by atoms with van der Waals surface area (Å²) in [5, 5.41) is 7.90. The lowest BCUT2D eigenvalue weighted by Gasteiger charge is -2.10. The number of anilines is 1. The van der Waals surface area contributed by atoms with Gasteiger partial charge in [0.2, 0.25) is 0 Å². The minimum atomic E-state index is 0.714. The SMILES string of the molecule is COc1ccc(CCNc2nc(-c3c(C)nn(C)c3C)ncc2C)cc1. The molecular formula is C20H25N5O. The van der Waals surface area contributed by atoms with Crippen molar-refractivity contribution in [1.82, 2.24) is 19.7 Å². The molecule has 6 heteroatoms. The van der Waals surface area contributed by atoms with Crippen molar-refractivity contribution >= 4 is 5.82 Å². The molecule has 0 spiro atoms. The van der Waals surface area contributed by atoms with E-state index in [9.17, 15) is 0 Å². The average molecular weight is 351 g/mol. The van der Waals surface area contributed by atoms with E-state index in [1.807, 2.05) is 50.8 Å². The first-order valence-corrected chi connectivity index (χ1v) is 8.70. The van der Waals surface area contributed by atoms with Crippen molar-refractivity contribution in [2.75, 3.05) is 19.0 Å². The molecule has 0 bridgehead atoms. The van der Waals surface area contributed by atoms with Gasteiger partial charge in [0.15, 0.2) is 5.82 Å². The highest BCUT2D eigenvalue weighted by Gasteiger charge is 2.15. The monoisotopic (exact) mass is 351 g/mol. The van der Waals surface area contributed by atoms with E-state index in [0.717, 1.165) is 47.0 Å². The van der Waals surface area contributed by atoms with Gasteiger partial charge in [-0.3, -0.25) is 4.68 Å². The van der Waals surface area contributed by atoms with E-state index in [-0.39, 0.29) is 0 Å². The maximum atomic E-state index is 5.20. The first kappa shape index (κ1) is 17.9. The number of hydrogen-bond acceptors (Lipinski definition) is 5. The van der Waals surface area contributed by atoms with E-state index in [0.29, 0.717) is 5.82 Å². The Bertz CT molecular complexity index is 899. The van der Waals surface area contributed by atoms with Gasteiger partial charge in [-0.15, -0.1) is 0 Å². The molecule has 2 heterocycles. The summed E-state index contributed by atoms with van der Waals surface area (Å²) in [6.45, 7) is 6.84. The molecule has 0 amide bonds. The van der Waals surface area contributed by atoms with E-state index in [2.05, 4.69) is 27.5 Å². The van der Waals surface area contributed by atoms with Gasteiger partial charge in [0.25, 0.3) is 0 Å². The molecule has 6 nitrogen and oxygen atoms in total. The van der Waals surface area contributed by atoms with Gasteiger partial charge in [0.05, 0.1) is 18.4 Å². The van der Waals surface area contributed by atoms with Crippen LogP contribution in [0.15, 0.2) is 30.5 Å². The van der Waals surface area contributed by atoms with Gasteiger partial charge in [0.1, 0.15) is 11.6 Å². The molecule has 0 saturated heterocycles. The first-order chi connectivity index (χ1) is 12.5. The zero-order chi connectivity index (χ0) is 18.7. The van der Waals surface area contributed by atoms with Crippen LogP contribution in [0.25, 0.3) is 11.4 Å². The molecule has 3 aromatic rings. The maximum Gasteiger partial charge on any atom is 0.165 e. The highest BCUT2D eigenvalue weighted by molar-refractivity contribution is 5.63. The number of aryl methyl sites for hydroxylation is 3. The summed E-state index contributed by atoms with van der Waals surface area (Å²) < 4.78 is 7.06. The Kier molecular flexibility index (Phi) is 5.21. The van der Waals surface area contributed by atoms with Crippen molar-refractivity contribution in [3.8, 4) is 17.1 Å². The number of rotatable bonds is 6. The van der Waals surface area contributed by atoms with E-state index in [4.69, 9.17) is 9.72 Å². The molecule has 3 rings (SSSR count). The van der Waals surface area contributed by atoms with Gasteiger partial charge in [0, 0.05) is 31.0 Å². The summed E-state index contributed by atoms with van der Waals surface area (Å²) >= 11 is 0. The molecule has 1 N–H and O–H groups in total. The minimum Gasteiger partial charge on any atom is -0.497 e. The number of hydrogen-bond donors (Lipinski definition) is 1. The molecule has 2 aromatic heterocycles. The highest BCUT2D eigenvalue weighted by Crippen LogP contribution is 2.25. The van der Waals surface area contributed by atoms with E-state index in [1.165, 1.54) is 5.56 Å². The number of aromatic nitrogens is 4. The topological polar surface area (TPSA) is 64.9 Å². The molecule has 0 saturated carbocycles. The summed E-state index contributed by atoms with van der Waals surface area (Å²) in [6.07, 6.45) is 2.78. The Morgan fingerprint density at radius 2 is 1.85 bits per heavy atom. The summed E-state index contributed by atoms with van der Waals surface area (Å²) in [5.74, 6) is 2.46. The Labute approximate surface area is 154 Å². The smallest absolute Gasteiger partial charge is 0.165 e. The van der Waals surface area contributed by atoms with Gasteiger partial charge in [-0.1, -0.05) is 12.1 Å². The number of methoxy groups -OCH3 is 1. The van der Waals surface area contributed by atoms with E-state index in [1.54, 1.807) is 7.11 Å². The second kappa shape index (κ2) is 7.56. The summed E-state index contributed by atoms with van der Waals surface area (Å²) in [6, 6.07) is 8.14. The van der Waals surface area contributed by atoms with Gasteiger partial charge in [-0.2, -0.15) is 5.10 Å². The van der Waals surface area contributed by atoms with Crippen LogP contribution in [0.5, 0.6) is 5.75 Å². The molecule has 136 valence electrons. The third-order valence-corrected chi connectivity index (χ3v) is 4.57. The lowest BCUT2D eigenvalue weighted by Crippen LogP contribution is -2.09. The van der Waals surface area contributed by atoms with Crippen LogP contribution in [0.3, 0.4) is 0 Å². The van der Waals surface area contributed by atoms with Crippen molar-refractivity contribution < 1.29 is 4.74 Å². The zero-order valence-electron chi connectivity index (χ0n) is 16.0. The molecule has 0 aliphatic rings. The Hall–Kier alpha value is -2.89. The van der Waals surface area contributed by atoms with Gasteiger partial charge >= 0.3 is 0 Å². The minimum absolute atomic E-state index is 0.714. The Balaban J connectivity index is 1.73. The van der Waals surface area contributed by atoms with Crippen molar-refractivity contribution in [2.24, 2.45) is 7.05 Å². The number of benzene rings is 1.